The number of ether oxygens (including phenoxy) is 1. The van der Waals surface area contributed by atoms with Gasteiger partial charge in [0.15, 0.2) is 7.14 Å². The molecule has 0 amide bonds. The van der Waals surface area contributed by atoms with Crippen molar-refractivity contribution >= 4 is 29.5 Å². The highest BCUT2D eigenvalue weighted by Gasteiger charge is 2.27. The average molecular weight is 354 g/mol. The molecule has 2 nitrogen and oxygen atoms in total. The summed E-state index contributed by atoms with van der Waals surface area (Å²) in [5.41, 5.74) is 0.535. The normalized spacial score (nSPS) is 11.2. The Morgan fingerprint density at radius 3 is 1.75 bits per heavy atom. The molecule has 0 radical (unpaired) electrons. The predicted octanol–water partition coefficient (Wildman–Crippen LogP) is 4.76. The number of rotatable bonds is 6. The van der Waals surface area contributed by atoms with Gasteiger partial charge in [-0.25, -0.2) is 0 Å². The number of hydrogen-bond donors (Lipinski definition) is 0. The van der Waals surface area contributed by atoms with Crippen LogP contribution in [-0.4, -0.2) is 12.6 Å². The average Bonchev–Trinajstić information content (AvgIpc) is 2.68. The van der Waals surface area contributed by atoms with Crippen LogP contribution >= 0.6 is 18.9 Å². The lowest BCUT2D eigenvalue weighted by Gasteiger charge is -2.19. The zero-order valence-electron chi connectivity index (χ0n) is 13.5. The zero-order valence-corrected chi connectivity index (χ0v) is 15.2. The van der Waals surface area contributed by atoms with Crippen molar-refractivity contribution < 1.29 is 9.30 Å². The van der Waals surface area contributed by atoms with Gasteiger partial charge < -0.3 is 9.30 Å². The van der Waals surface area contributed by atoms with Gasteiger partial charge in [0.25, 0.3) is 0 Å². The molecule has 122 valence electrons. The molecule has 4 heteroatoms. The molecule has 0 unspecified atom stereocenters. The Morgan fingerprint density at radius 2 is 1.29 bits per heavy atom. The molecule has 0 aliphatic carbocycles. The predicted molar refractivity (Wildman–Crippen MR) is 103 cm³/mol. The van der Waals surface area contributed by atoms with Crippen LogP contribution in [0.25, 0.3) is 0 Å². The highest BCUT2D eigenvalue weighted by Crippen LogP contribution is 2.48. The molecule has 0 N–H and O–H groups in total. The quantitative estimate of drug-likeness (QED) is 0.472. The van der Waals surface area contributed by atoms with E-state index in [2.05, 4.69) is 0 Å². The van der Waals surface area contributed by atoms with E-state index in [0.29, 0.717) is 5.49 Å². The molecule has 0 saturated heterocycles. The smallest absolute Gasteiger partial charge is 0.153 e. The molecule has 0 heterocycles. The number of hydrogen-bond acceptors (Lipinski definition) is 3. The molecule has 0 saturated carbocycles. The Bertz CT molecular complexity index is 774. The van der Waals surface area contributed by atoms with Gasteiger partial charge in [0, 0.05) is 15.5 Å². The summed E-state index contributed by atoms with van der Waals surface area (Å²) in [4.78, 5) is 1.09. The van der Waals surface area contributed by atoms with Gasteiger partial charge in [0.05, 0.1) is 12.6 Å². The molecule has 3 rings (SSSR count). The summed E-state index contributed by atoms with van der Waals surface area (Å²) in [6, 6.07) is 27.4. The maximum atomic E-state index is 13.9. The van der Waals surface area contributed by atoms with E-state index in [0.717, 1.165) is 21.3 Å². The summed E-state index contributed by atoms with van der Waals surface area (Å²) >= 11 is 1.62. The summed E-state index contributed by atoms with van der Waals surface area (Å²) in [6.07, 6.45) is 0. The van der Waals surface area contributed by atoms with E-state index in [9.17, 15) is 4.57 Å². The largest absolute Gasteiger partial charge is 0.497 e. The van der Waals surface area contributed by atoms with Crippen molar-refractivity contribution in [3.05, 3.63) is 84.9 Å². The molecule has 24 heavy (non-hydrogen) atoms. The fourth-order valence-electron chi connectivity index (χ4n) is 2.47. The Morgan fingerprint density at radius 1 is 0.792 bits per heavy atom. The molecule has 0 aromatic heterocycles. The van der Waals surface area contributed by atoms with E-state index in [4.69, 9.17) is 4.74 Å². The fourth-order valence-corrected chi connectivity index (χ4v) is 6.92. The third-order valence-corrected chi connectivity index (χ3v) is 8.66. The maximum Gasteiger partial charge on any atom is 0.153 e. The second-order valence-corrected chi connectivity index (χ2v) is 9.66. The topological polar surface area (TPSA) is 26.3 Å². The lowest BCUT2D eigenvalue weighted by molar-refractivity contribution is 0.414. The Kier molecular flexibility index (Phi) is 5.44. The van der Waals surface area contributed by atoms with Crippen LogP contribution in [0.3, 0.4) is 0 Å². The Balaban J connectivity index is 1.89. The van der Waals surface area contributed by atoms with Crippen molar-refractivity contribution in [2.24, 2.45) is 0 Å². The molecule has 0 aliphatic rings. The number of benzene rings is 3. The molecule has 0 atom stereocenters. The lowest BCUT2D eigenvalue weighted by atomic mass is 10.3. The molecule has 0 fully saturated rings. The van der Waals surface area contributed by atoms with Crippen molar-refractivity contribution in [3.8, 4) is 5.75 Å². The fraction of sp³-hybridized carbons (Fsp3) is 0.100. The van der Waals surface area contributed by atoms with Crippen LogP contribution in [0, 0.1) is 0 Å². The van der Waals surface area contributed by atoms with Crippen LogP contribution < -0.4 is 15.3 Å². The first-order chi connectivity index (χ1) is 11.7. The van der Waals surface area contributed by atoms with Gasteiger partial charge in [-0.2, -0.15) is 0 Å². The third kappa shape index (κ3) is 3.75. The van der Waals surface area contributed by atoms with Crippen molar-refractivity contribution in [2.75, 3.05) is 12.6 Å². The monoisotopic (exact) mass is 354 g/mol. The first-order valence-corrected chi connectivity index (χ1v) is 10.6. The van der Waals surface area contributed by atoms with E-state index in [1.54, 1.807) is 18.9 Å². The zero-order chi connectivity index (χ0) is 16.8. The van der Waals surface area contributed by atoms with Gasteiger partial charge in [-0.1, -0.05) is 60.7 Å². The van der Waals surface area contributed by atoms with Gasteiger partial charge in [0.2, 0.25) is 0 Å². The number of thioether (sulfide) groups is 1. The highest BCUT2D eigenvalue weighted by molar-refractivity contribution is 8.07. The van der Waals surface area contributed by atoms with Crippen LogP contribution in [0.4, 0.5) is 0 Å². The van der Waals surface area contributed by atoms with Crippen LogP contribution in [-0.2, 0) is 4.57 Å². The number of methoxy groups -OCH3 is 1. The van der Waals surface area contributed by atoms with E-state index in [1.807, 2.05) is 84.9 Å². The van der Waals surface area contributed by atoms with E-state index in [-0.39, 0.29) is 0 Å². The maximum absolute atomic E-state index is 13.9. The SMILES string of the molecule is COc1ccc(SCP(=O)(c2ccccc2)c2ccccc2)cc1. The molecule has 0 spiro atoms. The van der Waals surface area contributed by atoms with E-state index < -0.39 is 7.14 Å². The van der Waals surface area contributed by atoms with Crippen molar-refractivity contribution in [1.29, 1.82) is 0 Å². The minimum absolute atomic E-state index is 0.535. The molecule has 0 bridgehead atoms. The highest BCUT2D eigenvalue weighted by atomic mass is 32.2. The van der Waals surface area contributed by atoms with Crippen LogP contribution in [0.15, 0.2) is 89.8 Å². The van der Waals surface area contributed by atoms with Crippen molar-refractivity contribution in [1.82, 2.24) is 0 Å². The third-order valence-electron chi connectivity index (χ3n) is 3.82. The lowest BCUT2D eigenvalue weighted by Crippen LogP contribution is -2.17. The molecular formula is C20H19O2PS. The summed E-state index contributed by atoms with van der Waals surface area (Å²) in [5, 5.41) is 1.80. The molecular weight excluding hydrogens is 335 g/mol. The summed E-state index contributed by atoms with van der Waals surface area (Å²) < 4.78 is 19.1. The molecule has 3 aromatic carbocycles. The first-order valence-electron chi connectivity index (χ1n) is 7.69. The van der Waals surface area contributed by atoms with Gasteiger partial charge in [0.1, 0.15) is 5.75 Å². The second-order valence-electron chi connectivity index (χ2n) is 5.36. The second kappa shape index (κ2) is 7.74. The van der Waals surface area contributed by atoms with Crippen molar-refractivity contribution in [3.63, 3.8) is 0 Å². The standard InChI is InChI=1S/C20H19O2PS/c1-22-17-12-14-20(15-13-17)24-16-23(21,18-8-4-2-5-9-18)19-10-6-3-7-11-19/h2-15H,16H2,1H3. The van der Waals surface area contributed by atoms with E-state index >= 15 is 0 Å². The van der Waals surface area contributed by atoms with Gasteiger partial charge in [-0.05, 0) is 24.3 Å². The van der Waals surface area contributed by atoms with E-state index in [1.165, 1.54) is 0 Å². The molecule has 0 aliphatic heterocycles. The van der Waals surface area contributed by atoms with Crippen LogP contribution in [0.5, 0.6) is 5.75 Å². The van der Waals surface area contributed by atoms with Crippen LogP contribution in [0.2, 0.25) is 0 Å². The van der Waals surface area contributed by atoms with Crippen LogP contribution in [0.1, 0.15) is 0 Å². The summed E-state index contributed by atoms with van der Waals surface area (Å²) in [5.74, 6) is 0.827. The Labute approximate surface area is 147 Å². The minimum Gasteiger partial charge on any atom is -0.497 e. The Hall–Kier alpha value is -1.96. The van der Waals surface area contributed by atoms with Crippen molar-refractivity contribution in [2.45, 2.75) is 4.90 Å². The van der Waals surface area contributed by atoms with Gasteiger partial charge in [-0.3, -0.25) is 0 Å². The van der Waals surface area contributed by atoms with Gasteiger partial charge >= 0.3 is 0 Å². The molecule has 3 aromatic rings. The minimum atomic E-state index is -2.68. The van der Waals surface area contributed by atoms with Gasteiger partial charge in [-0.15, -0.1) is 11.8 Å². The first kappa shape index (κ1) is 16.9. The summed E-state index contributed by atoms with van der Waals surface area (Å²) in [6.45, 7) is 0. The summed E-state index contributed by atoms with van der Waals surface area (Å²) in [7, 11) is -1.02.